The van der Waals surface area contributed by atoms with Crippen LogP contribution in [0, 0.1) is 0 Å². The highest BCUT2D eigenvalue weighted by Gasteiger charge is 2.31. The number of hydrogen-bond donors (Lipinski definition) is 5. The van der Waals surface area contributed by atoms with Gasteiger partial charge in [0.1, 0.15) is 11.0 Å². The van der Waals surface area contributed by atoms with Crippen LogP contribution in [0.4, 0.5) is 23.5 Å². The Kier molecular flexibility index (Phi) is 6.73. The van der Waals surface area contributed by atoms with Gasteiger partial charge < -0.3 is 26.4 Å². The van der Waals surface area contributed by atoms with Crippen molar-refractivity contribution in [2.24, 2.45) is 0 Å². The molecule has 2 atom stereocenters. The van der Waals surface area contributed by atoms with E-state index >= 15 is 0 Å². The minimum atomic E-state index is -0.613. The maximum atomic E-state index is 10.8. The molecule has 2 aromatic heterocycles. The van der Waals surface area contributed by atoms with Crippen LogP contribution in [0.1, 0.15) is 30.6 Å². The average molecular weight is 431 g/mol. The van der Waals surface area contributed by atoms with Gasteiger partial charge >= 0.3 is 0 Å². The standard InChI is InChI=1S/C20H26N8O.ClH/c1-4-9-23-17-14-15(26-19(21-2)27-17)18(28-20(22-3)25-14)24-13-10-11-7-5-6-8-12(11)16(13)29;/h5-8,13,16,29H,4,9-10H2,1-3H3,(H2,21,23,26,27)(H2,22,24,25,28);1H. The van der Waals surface area contributed by atoms with Crippen molar-refractivity contribution in [3.63, 3.8) is 0 Å². The Morgan fingerprint density at radius 1 is 0.967 bits per heavy atom. The first kappa shape index (κ1) is 21.8. The topological polar surface area (TPSA) is 120 Å². The van der Waals surface area contributed by atoms with Crippen LogP contribution < -0.4 is 21.3 Å². The fourth-order valence-electron chi connectivity index (χ4n) is 3.59. The highest BCUT2D eigenvalue weighted by atomic mass is 35.5. The highest BCUT2D eigenvalue weighted by molar-refractivity contribution is 5.94. The van der Waals surface area contributed by atoms with E-state index in [4.69, 9.17) is 0 Å². The summed E-state index contributed by atoms with van der Waals surface area (Å²) in [6, 6.07) is 7.75. The molecule has 0 saturated heterocycles. The van der Waals surface area contributed by atoms with Gasteiger partial charge in [-0.1, -0.05) is 31.2 Å². The number of hydrogen-bond acceptors (Lipinski definition) is 9. The quantitative estimate of drug-likeness (QED) is 0.385. The number of fused-ring (bicyclic) bond motifs is 2. The SMILES string of the molecule is CCCNc1nc(NC)nc2c(NC3Cc4ccccc4C3O)nc(NC)nc12.Cl. The molecule has 2 heterocycles. The number of benzene rings is 1. The van der Waals surface area contributed by atoms with Crippen molar-refractivity contribution in [1.29, 1.82) is 0 Å². The van der Waals surface area contributed by atoms with Crippen molar-refractivity contribution >= 4 is 47.0 Å². The van der Waals surface area contributed by atoms with Crippen LogP contribution in [-0.4, -0.2) is 51.7 Å². The van der Waals surface area contributed by atoms with E-state index < -0.39 is 6.10 Å². The molecule has 0 amide bonds. The summed E-state index contributed by atoms with van der Waals surface area (Å²) >= 11 is 0. The lowest BCUT2D eigenvalue weighted by Gasteiger charge is -2.20. The van der Waals surface area contributed by atoms with Crippen LogP contribution in [0.25, 0.3) is 11.0 Å². The Hall–Kier alpha value is -2.91. The normalized spacial score (nSPS) is 17.2. The van der Waals surface area contributed by atoms with Gasteiger partial charge in [-0.15, -0.1) is 12.4 Å². The summed E-state index contributed by atoms with van der Waals surface area (Å²) in [5.41, 5.74) is 3.32. The fraction of sp³-hybridized carbons (Fsp3) is 0.400. The molecule has 0 aliphatic heterocycles. The minimum Gasteiger partial charge on any atom is -0.386 e. The molecule has 4 rings (SSSR count). The van der Waals surface area contributed by atoms with Gasteiger partial charge in [-0.3, -0.25) is 0 Å². The molecule has 0 radical (unpaired) electrons. The Morgan fingerprint density at radius 2 is 1.60 bits per heavy atom. The third-order valence-corrected chi connectivity index (χ3v) is 5.05. The molecule has 3 aromatic rings. The van der Waals surface area contributed by atoms with Crippen molar-refractivity contribution in [3.05, 3.63) is 35.4 Å². The third kappa shape index (κ3) is 4.03. The maximum Gasteiger partial charge on any atom is 0.225 e. The lowest BCUT2D eigenvalue weighted by atomic mass is 10.1. The van der Waals surface area contributed by atoms with Gasteiger partial charge in [0.2, 0.25) is 11.9 Å². The number of aromatic nitrogens is 4. The van der Waals surface area contributed by atoms with E-state index in [9.17, 15) is 5.11 Å². The largest absolute Gasteiger partial charge is 0.386 e. The van der Waals surface area contributed by atoms with Crippen molar-refractivity contribution in [1.82, 2.24) is 19.9 Å². The Bertz CT molecular complexity index is 1030. The third-order valence-electron chi connectivity index (χ3n) is 5.05. The number of nitrogens with zero attached hydrogens (tertiary/aromatic N) is 4. The predicted molar refractivity (Wildman–Crippen MR) is 123 cm³/mol. The second kappa shape index (κ2) is 9.27. The number of rotatable bonds is 7. The molecule has 0 fully saturated rings. The lowest BCUT2D eigenvalue weighted by molar-refractivity contribution is 0.167. The molecule has 1 aliphatic carbocycles. The van der Waals surface area contributed by atoms with E-state index in [2.05, 4.69) is 48.1 Å². The zero-order chi connectivity index (χ0) is 20.4. The van der Waals surface area contributed by atoms with E-state index in [0.29, 0.717) is 41.0 Å². The van der Waals surface area contributed by atoms with Crippen molar-refractivity contribution < 1.29 is 5.11 Å². The van der Waals surface area contributed by atoms with Crippen LogP contribution in [0.5, 0.6) is 0 Å². The van der Waals surface area contributed by atoms with Crippen LogP contribution in [0.3, 0.4) is 0 Å². The molecule has 0 spiro atoms. The Morgan fingerprint density at radius 3 is 2.23 bits per heavy atom. The van der Waals surface area contributed by atoms with Gasteiger partial charge in [0.15, 0.2) is 11.6 Å². The van der Waals surface area contributed by atoms with Crippen molar-refractivity contribution in [2.45, 2.75) is 31.9 Å². The van der Waals surface area contributed by atoms with Gasteiger partial charge in [-0.05, 0) is 24.0 Å². The molecule has 1 aliphatic rings. The second-order valence-electron chi connectivity index (χ2n) is 7.01. The van der Waals surface area contributed by atoms with E-state index in [1.165, 1.54) is 0 Å². The van der Waals surface area contributed by atoms with Crippen LogP contribution in [0.2, 0.25) is 0 Å². The summed E-state index contributed by atoms with van der Waals surface area (Å²) < 4.78 is 0. The Labute approximate surface area is 181 Å². The molecule has 30 heavy (non-hydrogen) atoms. The summed E-state index contributed by atoms with van der Waals surface area (Å²) in [5.74, 6) is 2.16. The summed E-state index contributed by atoms with van der Waals surface area (Å²) in [7, 11) is 3.55. The lowest BCUT2D eigenvalue weighted by Crippen LogP contribution is -2.25. The van der Waals surface area contributed by atoms with Crippen LogP contribution >= 0.6 is 12.4 Å². The number of nitrogens with one attached hydrogen (secondary N) is 4. The second-order valence-corrected chi connectivity index (χ2v) is 7.01. The molecule has 9 nitrogen and oxygen atoms in total. The van der Waals surface area contributed by atoms with E-state index in [1.54, 1.807) is 14.1 Å². The molecule has 5 N–H and O–H groups in total. The van der Waals surface area contributed by atoms with E-state index in [1.807, 2.05) is 24.3 Å². The number of aliphatic hydroxyl groups is 1. The molecule has 10 heteroatoms. The van der Waals surface area contributed by atoms with Gasteiger partial charge in [-0.2, -0.15) is 9.97 Å². The average Bonchev–Trinajstić information content (AvgIpc) is 3.07. The highest BCUT2D eigenvalue weighted by Crippen LogP contribution is 2.34. The van der Waals surface area contributed by atoms with Gasteiger partial charge in [0.05, 0.1) is 12.1 Å². The van der Waals surface area contributed by atoms with Crippen LogP contribution in [0.15, 0.2) is 24.3 Å². The van der Waals surface area contributed by atoms with E-state index in [-0.39, 0.29) is 18.4 Å². The maximum absolute atomic E-state index is 10.8. The fourth-order valence-corrected chi connectivity index (χ4v) is 3.59. The van der Waals surface area contributed by atoms with Gasteiger partial charge in [0, 0.05) is 20.6 Å². The molecule has 1 aromatic carbocycles. The molecule has 2 unspecified atom stereocenters. The summed E-state index contributed by atoms with van der Waals surface area (Å²) in [6.45, 7) is 2.86. The summed E-state index contributed by atoms with van der Waals surface area (Å²) in [6.07, 6.45) is 1.06. The molecular weight excluding hydrogens is 404 g/mol. The molecule has 160 valence electrons. The Balaban J connectivity index is 0.00000256. The number of anilines is 4. The monoisotopic (exact) mass is 430 g/mol. The summed E-state index contributed by atoms with van der Waals surface area (Å²) in [5, 5.41) is 23.5. The van der Waals surface area contributed by atoms with Gasteiger partial charge in [0.25, 0.3) is 0 Å². The van der Waals surface area contributed by atoms with Crippen molar-refractivity contribution in [2.75, 3.05) is 41.9 Å². The zero-order valence-corrected chi connectivity index (χ0v) is 18.0. The van der Waals surface area contributed by atoms with Crippen molar-refractivity contribution in [3.8, 4) is 0 Å². The first-order chi connectivity index (χ1) is 14.1. The first-order valence-electron chi connectivity index (χ1n) is 9.86. The van der Waals surface area contributed by atoms with Gasteiger partial charge in [-0.25, -0.2) is 9.97 Å². The molecular formula is C20H27ClN8O. The van der Waals surface area contributed by atoms with E-state index in [0.717, 1.165) is 24.1 Å². The number of aliphatic hydroxyl groups excluding tert-OH is 1. The predicted octanol–water partition coefficient (Wildman–Crippen LogP) is 2.82. The zero-order valence-electron chi connectivity index (χ0n) is 17.2. The molecule has 0 saturated carbocycles. The van der Waals surface area contributed by atoms with Crippen LogP contribution in [-0.2, 0) is 6.42 Å². The first-order valence-corrected chi connectivity index (χ1v) is 9.86. The smallest absolute Gasteiger partial charge is 0.225 e. The minimum absolute atomic E-state index is 0. The number of halogens is 1. The summed E-state index contributed by atoms with van der Waals surface area (Å²) in [4.78, 5) is 18.3. The molecule has 0 bridgehead atoms.